The van der Waals surface area contributed by atoms with Gasteiger partial charge in [0.25, 0.3) is 0 Å². The number of esters is 2. The van der Waals surface area contributed by atoms with Crippen molar-refractivity contribution in [1.29, 1.82) is 0 Å². The lowest BCUT2D eigenvalue weighted by Crippen LogP contribution is -2.61. The van der Waals surface area contributed by atoms with Crippen molar-refractivity contribution in [3.63, 3.8) is 0 Å². The number of ether oxygens (including phenoxy) is 4. The van der Waals surface area contributed by atoms with E-state index in [1.807, 2.05) is 14.2 Å². The van der Waals surface area contributed by atoms with Gasteiger partial charge in [-0.25, -0.2) is 0 Å². The van der Waals surface area contributed by atoms with E-state index in [9.17, 15) is 9.59 Å². The number of hydrogen-bond donors (Lipinski definition) is 0. The van der Waals surface area contributed by atoms with E-state index in [4.69, 9.17) is 18.9 Å². The summed E-state index contributed by atoms with van der Waals surface area (Å²) in [5, 5.41) is 0. The molecule has 0 aromatic heterocycles. The Balaban J connectivity index is 1.39. The molecule has 12 fully saturated rings. The summed E-state index contributed by atoms with van der Waals surface area (Å²) in [6, 6.07) is 0. The predicted octanol–water partition coefficient (Wildman–Crippen LogP) is 2.12. The van der Waals surface area contributed by atoms with Gasteiger partial charge in [-0.3, -0.25) is 9.59 Å². The average Bonchev–Trinajstić information content (AvgIpc) is 3.64. The minimum absolute atomic E-state index is 0.0356. The summed E-state index contributed by atoms with van der Waals surface area (Å²) in [6.07, 6.45) is 0. The third kappa shape index (κ3) is 0.924. The van der Waals surface area contributed by atoms with Crippen LogP contribution in [0.5, 0.6) is 0 Å². The van der Waals surface area contributed by atoms with E-state index < -0.39 is 22.0 Å². The topological polar surface area (TPSA) is 71.1 Å². The normalized spacial score (nSPS) is 81.2. The highest BCUT2D eigenvalue weighted by Gasteiger charge is 3.16. The summed E-state index contributed by atoms with van der Waals surface area (Å²) in [5.74, 6) is 4.22. The summed E-state index contributed by atoms with van der Waals surface area (Å²) >= 11 is 8.97. The van der Waals surface area contributed by atoms with Gasteiger partial charge >= 0.3 is 11.9 Å². The van der Waals surface area contributed by atoms with Crippen LogP contribution in [0.2, 0.25) is 0 Å². The van der Waals surface area contributed by atoms with E-state index in [0.29, 0.717) is 41.4 Å². The molecule has 0 spiro atoms. The maximum atomic E-state index is 14.2. The first-order chi connectivity index (χ1) is 16.3. The van der Waals surface area contributed by atoms with E-state index in [1.165, 1.54) is 0 Å². The van der Waals surface area contributed by atoms with Crippen LogP contribution in [0.15, 0.2) is 0 Å². The first-order valence-electron chi connectivity index (χ1n) is 12.9. The van der Waals surface area contributed by atoms with Gasteiger partial charge in [0.15, 0.2) is 0 Å². The maximum Gasteiger partial charge on any atom is 0.315 e. The third-order valence-corrected chi connectivity index (χ3v) is 19.4. The van der Waals surface area contributed by atoms with Crippen LogP contribution < -0.4 is 0 Å². The second-order valence-corrected chi connectivity index (χ2v) is 16.4. The molecule has 0 aromatic carbocycles. The Morgan fingerprint density at radius 1 is 0.559 bits per heavy atom. The van der Waals surface area contributed by atoms with Gasteiger partial charge in [0.1, 0.15) is 10.8 Å². The summed E-state index contributed by atoms with van der Waals surface area (Å²) in [5.41, 5.74) is -2.15. The van der Waals surface area contributed by atoms with Crippen molar-refractivity contribution in [2.75, 3.05) is 28.4 Å². The van der Waals surface area contributed by atoms with E-state index in [2.05, 4.69) is 31.9 Å². The van der Waals surface area contributed by atoms with Crippen molar-refractivity contribution in [2.24, 2.45) is 93.7 Å². The SMILES string of the molecule is COC(=O)[C@@]12[C@@H]3C4C5[C@@H]6[C@@H]7[C@@H]([C@H]8C9C%10[C@@H]%11[C@@](Br)([C@H]4[C@@]6(C(=O)OC)[C@]%11(OC)[C@@H]97)[C@]3(Br)[C@H]%10[C@]81OC)[C@H]52. The predicted molar refractivity (Wildman–Crippen MR) is 121 cm³/mol. The Labute approximate surface area is 213 Å². The quantitative estimate of drug-likeness (QED) is 0.367. The fraction of sp³-hybridized carbons (Fsp3) is 0.923. The van der Waals surface area contributed by atoms with Gasteiger partial charge in [0, 0.05) is 26.1 Å². The maximum absolute atomic E-state index is 14.2. The zero-order valence-electron chi connectivity index (χ0n) is 19.3. The minimum atomic E-state index is -0.605. The standard InChI is InChI=1S/C26H26Br2O6/c1-31-19(29)21-11-5-6-12-7(11)9-15(21)23(27)17-10-8(13(5)25(17,21)33-3)14(6)26(34-4)18(10)24(23,28)16(9)22(12,26)20(30)32-2/h5-18H,1-4H3/t5-,6+,7?,8?,9?,10?,11-,12+,13+,14-,15+,16-,17+,18-,21-,22+,23-,24+,25-,26+. The van der Waals surface area contributed by atoms with Crippen LogP contribution in [-0.4, -0.2) is 60.2 Å². The fourth-order valence-electron chi connectivity index (χ4n) is 17.3. The van der Waals surface area contributed by atoms with Crippen LogP contribution in [0.4, 0.5) is 0 Å². The number of hydrogen-bond acceptors (Lipinski definition) is 6. The van der Waals surface area contributed by atoms with Gasteiger partial charge in [0.05, 0.1) is 34.1 Å². The summed E-state index contributed by atoms with van der Waals surface area (Å²) in [6.45, 7) is 0. The molecule has 0 heterocycles. The van der Waals surface area contributed by atoms with Crippen LogP contribution in [0, 0.1) is 93.7 Å². The lowest BCUT2D eigenvalue weighted by molar-refractivity contribution is -0.201. The first-order valence-corrected chi connectivity index (χ1v) is 14.5. The first kappa shape index (κ1) is 19.0. The molecule has 0 N–H and O–H groups in total. The molecular weight excluding hydrogens is 568 g/mol. The largest absolute Gasteiger partial charge is 0.468 e. The molecule has 180 valence electrons. The Hall–Kier alpha value is -0.180. The van der Waals surface area contributed by atoms with E-state index in [1.54, 1.807) is 14.2 Å². The molecule has 0 amide bonds. The van der Waals surface area contributed by atoms with Crippen LogP contribution >= 0.6 is 31.9 Å². The van der Waals surface area contributed by atoms with Crippen molar-refractivity contribution in [3.05, 3.63) is 0 Å². The summed E-state index contributed by atoms with van der Waals surface area (Å²) in [7, 11) is 6.91. The van der Waals surface area contributed by atoms with Crippen LogP contribution in [-0.2, 0) is 28.5 Å². The van der Waals surface area contributed by atoms with Crippen LogP contribution in [0.3, 0.4) is 0 Å². The molecule has 12 rings (SSSR count). The second kappa shape index (κ2) is 4.31. The summed E-state index contributed by atoms with van der Waals surface area (Å²) < 4.78 is 24.6. The van der Waals surface area contributed by atoms with Crippen molar-refractivity contribution >= 4 is 43.8 Å². The van der Waals surface area contributed by atoms with Gasteiger partial charge in [0.2, 0.25) is 0 Å². The molecule has 4 unspecified atom stereocenters. The molecule has 12 aliphatic carbocycles. The highest BCUT2D eigenvalue weighted by molar-refractivity contribution is 9.13. The highest BCUT2D eigenvalue weighted by Crippen LogP contribution is 3.10. The Morgan fingerprint density at radius 2 is 0.912 bits per heavy atom. The molecule has 6 nitrogen and oxygen atoms in total. The molecule has 0 aliphatic heterocycles. The van der Waals surface area contributed by atoms with Gasteiger partial charge in [-0.1, -0.05) is 31.9 Å². The number of halogens is 2. The van der Waals surface area contributed by atoms with Crippen molar-refractivity contribution < 1.29 is 28.5 Å². The fourth-order valence-corrected chi connectivity index (χ4v) is 21.0. The lowest BCUT2D eigenvalue weighted by Gasteiger charge is -2.49. The average molecular weight is 594 g/mol. The van der Waals surface area contributed by atoms with Crippen molar-refractivity contribution in [1.82, 2.24) is 0 Å². The van der Waals surface area contributed by atoms with E-state index >= 15 is 0 Å². The Kier molecular flexibility index (Phi) is 2.40. The zero-order valence-corrected chi connectivity index (χ0v) is 22.5. The molecule has 12 aliphatic rings. The molecule has 12 saturated carbocycles. The highest BCUT2D eigenvalue weighted by atomic mass is 79.9. The lowest BCUT2D eigenvalue weighted by atomic mass is 9.59. The monoisotopic (exact) mass is 592 g/mol. The smallest absolute Gasteiger partial charge is 0.315 e. The minimum Gasteiger partial charge on any atom is -0.468 e. The van der Waals surface area contributed by atoms with Gasteiger partial charge < -0.3 is 18.9 Å². The Bertz CT molecular complexity index is 1170. The molecule has 20 atom stereocenters. The van der Waals surface area contributed by atoms with Crippen LogP contribution in [0.1, 0.15) is 0 Å². The number of carbonyl (C=O) groups excluding carboxylic acids is 2. The van der Waals surface area contributed by atoms with Crippen molar-refractivity contribution in [3.8, 4) is 0 Å². The molecule has 0 saturated heterocycles. The number of carbonyl (C=O) groups is 2. The molecule has 0 bridgehead atoms. The van der Waals surface area contributed by atoms with Gasteiger partial charge in [-0.05, 0) is 71.0 Å². The Morgan fingerprint density at radius 3 is 1.29 bits per heavy atom. The molecule has 34 heavy (non-hydrogen) atoms. The molecular formula is C26H26Br2O6. The third-order valence-electron chi connectivity index (χ3n) is 15.6. The molecule has 0 radical (unpaired) electrons. The zero-order chi connectivity index (χ0) is 23.1. The van der Waals surface area contributed by atoms with E-state index in [-0.39, 0.29) is 62.0 Å². The van der Waals surface area contributed by atoms with Gasteiger partial charge in [-0.15, -0.1) is 0 Å². The van der Waals surface area contributed by atoms with Gasteiger partial charge in [-0.2, -0.15) is 0 Å². The molecule has 8 heteroatoms. The second-order valence-electron chi connectivity index (χ2n) is 13.7. The summed E-state index contributed by atoms with van der Waals surface area (Å²) in [4.78, 5) is 28.5. The number of alkyl halides is 2. The molecule has 0 aromatic rings. The number of rotatable bonds is 4. The van der Waals surface area contributed by atoms with E-state index in [0.717, 1.165) is 0 Å². The van der Waals surface area contributed by atoms with Crippen molar-refractivity contribution in [2.45, 2.75) is 19.9 Å². The number of methoxy groups -OCH3 is 4. The van der Waals surface area contributed by atoms with Crippen LogP contribution in [0.25, 0.3) is 0 Å².